The summed E-state index contributed by atoms with van der Waals surface area (Å²) in [5.74, 6) is -3.40. The maximum Gasteiger partial charge on any atom is 0.326 e. The summed E-state index contributed by atoms with van der Waals surface area (Å²) in [6.07, 6.45) is 0.317. The Balaban J connectivity index is 1.70. The Hall–Kier alpha value is -4.25. The van der Waals surface area contributed by atoms with E-state index in [1.807, 2.05) is 0 Å². The predicted molar refractivity (Wildman–Crippen MR) is 119 cm³/mol. The first-order chi connectivity index (χ1) is 16.3. The first-order valence-electron chi connectivity index (χ1n) is 10.5. The van der Waals surface area contributed by atoms with Gasteiger partial charge in [-0.05, 0) is 54.8 Å². The number of carbonyl (C=O) groups excluding carboxylic acids is 1. The molecule has 34 heavy (non-hydrogen) atoms. The van der Waals surface area contributed by atoms with Gasteiger partial charge in [-0.25, -0.2) is 13.6 Å². The Bertz CT molecular complexity index is 1300. The molecule has 6 nitrogen and oxygen atoms in total. The zero-order chi connectivity index (χ0) is 24.4. The number of carboxylic acid groups (broad SMARTS) is 1. The fourth-order valence-corrected chi connectivity index (χ4v) is 4.36. The summed E-state index contributed by atoms with van der Waals surface area (Å²) in [5, 5.41) is 18.9. The molecule has 3 aromatic rings. The third-order valence-electron chi connectivity index (χ3n) is 6.02. The van der Waals surface area contributed by atoms with Crippen LogP contribution in [0.4, 0.5) is 8.78 Å². The van der Waals surface area contributed by atoms with Crippen LogP contribution in [0.15, 0.2) is 60.7 Å². The van der Waals surface area contributed by atoms with Gasteiger partial charge in [0.25, 0.3) is 5.91 Å². The highest BCUT2D eigenvalue weighted by Gasteiger charge is 2.43. The quantitative estimate of drug-likeness (QED) is 0.580. The van der Waals surface area contributed by atoms with E-state index in [9.17, 15) is 28.7 Å². The summed E-state index contributed by atoms with van der Waals surface area (Å²) in [6, 6.07) is 15.0. The molecule has 3 aromatic carbocycles. The maximum absolute atomic E-state index is 14.5. The topological polar surface area (TPSA) is 90.6 Å². The highest BCUT2D eigenvalue weighted by Crippen LogP contribution is 2.39. The second-order valence-electron chi connectivity index (χ2n) is 7.91. The molecule has 4 rings (SSSR count). The molecule has 1 fully saturated rings. The van der Waals surface area contributed by atoms with Crippen molar-refractivity contribution in [3.8, 4) is 22.9 Å². The van der Waals surface area contributed by atoms with E-state index in [1.54, 1.807) is 30.3 Å². The van der Waals surface area contributed by atoms with Crippen molar-refractivity contribution in [2.24, 2.45) is 0 Å². The third kappa shape index (κ3) is 4.08. The molecular formula is C26H20F2N2O4. The first-order valence-corrected chi connectivity index (χ1v) is 10.5. The summed E-state index contributed by atoms with van der Waals surface area (Å²) in [4.78, 5) is 26.4. The monoisotopic (exact) mass is 462 g/mol. The van der Waals surface area contributed by atoms with Crippen LogP contribution in [-0.4, -0.2) is 35.0 Å². The van der Waals surface area contributed by atoms with Gasteiger partial charge in [-0.3, -0.25) is 4.79 Å². The average molecular weight is 462 g/mol. The fraction of sp³-hybridized carbons (Fsp3) is 0.192. The van der Waals surface area contributed by atoms with Gasteiger partial charge in [0.15, 0.2) is 11.6 Å². The van der Waals surface area contributed by atoms with E-state index < -0.39 is 35.6 Å². The second-order valence-corrected chi connectivity index (χ2v) is 7.91. The lowest BCUT2D eigenvalue weighted by Gasteiger charge is -2.29. The van der Waals surface area contributed by atoms with Crippen LogP contribution < -0.4 is 4.74 Å². The molecule has 172 valence electrons. The van der Waals surface area contributed by atoms with E-state index in [0.29, 0.717) is 22.4 Å². The number of nitriles is 1. The van der Waals surface area contributed by atoms with Crippen molar-refractivity contribution in [3.63, 3.8) is 0 Å². The number of benzene rings is 3. The molecule has 1 aliphatic rings. The zero-order valence-electron chi connectivity index (χ0n) is 18.2. The molecule has 0 saturated carbocycles. The molecule has 1 saturated heterocycles. The first kappa shape index (κ1) is 22.9. The van der Waals surface area contributed by atoms with Gasteiger partial charge in [-0.2, -0.15) is 5.26 Å². The molecule has 1 amide bonds. The van der Waals surface area contributed by atoms with Crippen molar-refractivity contribution in [1.82, 2.24) is 4.90 Å². The van der Waals surface area contributed by atoms with Gasteiger partial charge >= 0.3 is 5.97 Å². The summed E-state index contributed by atoms with van der Waals surface area (Å²) < 4.78 is 33.7. The number of halogens is 2. The lowest BCUT2D eigenvalue weighted by Crippen LogP contribution is -2.42. The van der Waals surface area contributed by atoms with Crippen molar-refractivity contribution in [2.45, 2.75) is 24.9 Å². The Morgan fingerprint density at radius 1 is 1.09 bits per heavy atom. The van der Waals surface area contributed by atoms with Gasteiger partial charge in [0.05, 0.1) is 24.8 Å². The number of hydrogen-bond acceptors (Lipinski definition) is 4. The second kappa shape index (κ2) is 9.32. The summed E-state index contributed by atoms with van der Waals surface area (Å²) >= 11 is 0. The van der Waals surface area contributed by atoms with Crippen LogP contribution in [0, 0.1) is 23.0 Å². The van der Waals surface area contributed by atoms with Crippen LogP contribution in [0.1, 0.15) is 40.4 Å². The molecule has 8 heteroatoms. The van der Waals surface area contributed by atoms with Gasteiger partial charge in [0.1, 0.15) is 11.8 Å². The smallest absolute Gasteiger partial charge is 0.326 e. The van der Waals surface area contributed by atoms with Gasteiger partial charge in [-0.1, -0.05) is 24.3 Å². The Labute approximate surface area is 194 Å². The van der Waals surface area contributed by atoms with Gasteiger partial charge < -0.3 is 14.7 Å². The molecule has 0 aliphatic carbocycles. The lowest BCUT2D eigenvalue weighted by atomic mass is 10.00. The summed E-state index contributed by atoms with van der Waals surface area (Å²) in [5.41, 5.74) is 1.94. The molecular weight excluding hydrogens is 442 g/mol. The van der Waals surface area contributed by atoms with Crippen molar-refractivity contribution in [2.75, 3.05) is 7.11 Å². The van der Waals surface area contributed by atoms with Crippen molar-refractivity contribution < 1.29 is 28.2 Å². The number of amides is 1. The van der Waals surface area contributed by atoms with Crippen molar-refractivity contribution in [1.29, 1.82) is 5.26 Å². The molecule has 0 bridgehead atoms. The van der Waals surface area contributed by atoms with Crippen LogP contribution in [0.5, 0.6) is 5.75 Å². The number of likely N-dealkylation sites (tertiary alicyclic amines) is 1. The van der Waals surface area contributed by atoms with Gasteiger partial charge in [-0.15, -0.1) is 0 Å². The van der Waals surface area contributed by atoms with E-state index >= 15 is 0 Å². The van der Waals surface area contributed by atoms with Crippen LogP contribution >= 0.6 is 0 Å². The van der Waals surface area contributed by atoms with E-state index in [-0.39, 0.29) is 24.0 Å². The number of carboxylic acids is 1. The number of aliphatic carboxylic acids is 1. The Kier molecular flexibility index (Phi) is 6.28. The maximum atomic E-state index is 14.5. The minimum atomic E-state index is -1.21. The summed E-state index contributed by atoms with van der Waals surface area (Å²) in [6.45, 7) is 0. The van der Waals surface area contributed by atoms with Crippen molar-refractivity contribution in [3.05, 3.63) is 89.0 Å². The van der Waals surface area contributed by atoms with Crippen molar-refractivity contribution >= 4 is 11.9 Å². The SMILES string of the molecule is COc1ccc(C#N)cc1-c1ccc(C(=O)N2[C@@H](c3cccc(F)c3F)CC[C@H]2C(=O)O)cc1. The average Bonchev–Trinajstić information content (AvgIpc) is 3.30. The molecule has 2 atom stereocenters. The third-order valence-corrected chi connectivity index (χ3v) is 6.02. The number of rotatable bonds is 5. The largest absolute Gasteiger partial charge is 0.496 e. The van der Waals surface area contributed by atoms with Gasteiger partial charge in [0, 0.05) is 16.7 Å². The Morgan fingerprint density at radius 3 is 2.47 bits per heavy atom. The summed E-state index contributed by atoms with van der Waals surface area (Å²) in [7, 11) is 1.51. The predicted octanol–water partition coefficient (Wildman–Crippen LogP) is 4.94. The zero-order valence-corrected chi connectivity index (χ0v) is 18.2. The lowest BCUT2D eigenvalue weighted by molar-refractivity contribution is -0.141. The Morgan fingerprint density at radius 2 is 1.82 bits per heavy atom. The minimum absolute atomic E-state index is 0.0493. The number of methoxy groups -OCH3 is 1. The van der Waals surface area contributed by atoms with Crippen LogP contribution in [0.25, 0.3) is 11.1 Å². The number of nitrogens with zero attached hydrogens (tertiary/aromatic N) is 2. The van der Waals surface area contributed by atoms with Crippen LogP contribution in [0.3, 0.4) is 0 Å². The molecule has 0 aromatic heterocycles. The fourth-order valence-electron chi connectivity index (χ4n) is 4.36. The van der Waals surface area contributed by atoms with Gasteiger partial charge in [0.2, 0.25) is 0 Å². The standard InChI is InChI=1S/C26H20F2N2O4/c1-34-23-12-5-15(14-29)13-19(23)16-6-8-17(9-7-16)25(31)30-21(10-11-22(30)26(32)33)18-3-2-4-20(27)24(18)28/h2-9,12-13,21-22H,10-11H2,1H3,(H,32,33)/t21-,22+/m1/s1. The highest BCUT2D eigenvalue weighted by atomic mass is 19.2. The highest BCUT2D eigenvalue weighted by molar-refractivity contribution is 5.97. The molecule has 0 radical (unpaired) electrons. The molecule has 1 N–H and O–H groups in total. The van der Waals surface area contributed by atoms with Crippen LogP contribution in [-0.2, 0) is 4.79 Å². The minimum Gasteiger partial charge on any atom is -0.496 e. The number of hydrogen-bond donors (Lipinski definition) is 1. The number of carbonyl (C=O) groups is 2. The molecule has 0 unspecified atom stereocenters. The van der Waals surface area contributed by atoms with E-state index in [2.05, 4.69) is 6.07 Å². The molecule has 1 aliphatic heterocycles. The molecule has 1 heterocycles. The normalized spacial score (nSPS) is 17.3. The van der Waals surface area contributed by atoms with E-state index in [1.165, 1.54) is 31.4 Å². The molecule has 0 spiro atoms. The van der Waals surface area contributed by atoms with Crippen LogP contribution in [0.2, 0.25) is 0 Å². The number of ether oxygens (including phenoxy) is 1. The van der Waals surface area contributed by atoms with E-state index in [4.69, 9.17) is 4.74 Å². The van der Waals surface area contributed by atoms with E-state index in [0.717, 1.165) is 11.0 Å².